The van der Waals surface area contributed by atoms with Gasteiger partial charge in [0.2, 0.25) is 0 Å². The summed E-state index contributed by atoms with van der Waals surface area (Å²) in [5.41, 5.74) is 0.835. The fraction of sp³-hybridized carbons (Fsp3) is 0.0833. The lowest BCUT2D eigenvalue weighted by Gasteiger charge is -1.95. The SMILES string of the molecule is O=C(O)CN=C1NC(=O)/C(=C/c2ccc(Cl)cc2)S1. The van der Waals surface area contributed by atoms with Crippen LogP contribution < -0.4 is 5.32 Å². The molecule has 2 N–H and O–H groups in total. The summed E-state index contributed by atoms with van der Waals surface area (Å²) in [7, 11) is 0. The Bertz CT molecular complexity index is 581. The average Bonchev–Trinajstić information content (AvgIpc) is 2.71. The van der Waals surface area contributed by atoms with E-state index < -0.39 is 5.97 Å². The van der Waals surface area contributed by atoms with E-state index in [1.165, 1.54) is 0 Å². The minimum absolute atomic E-state index is 0.288. The smallest absolute Gasteiger partial charge is 0.325 e. The van der Waals surface area contributed by atoms with Gasteiger partial charge in [-0.2, -0.15) is 0 Å². The molecule has 0 saturated carbocycles. The van der Waals surface area contributed by atoms with Crippen LogP contribution in [0.25, 0.3) is 6.08 Å². The van der Waals surface area contributed by atoms with Gasteiger partial charge < -0.3 is 10.4 Å². The van der Waals surface area contributed by atoms with Gasteiger partial charge in [0, 0.05) is 5.02 Å². The van der Waals surface area contributed by atoms with Gasteiger partial charge in [-0.3, -0.25) is 14.6 Å². The van der Waals surface area contributed by atoms with Gasteiger partial charge >= 0.3 is 5.97 Å². The fourth-order valence-electron chi connectivity index (χ4n) is 1.35. The number of aliphatic carboxylic acids is 1. The third-order valence-electron chi connectivity index (χ3n) is 2.18. The molecule has 19 heavy (non-hydrogen) atoms. The highest BCUT2D eigenvalue weighted by molar-refractivity contribution is 8.18. The number of carbonyl (C=O) groups excluding carboxylic acids is 1. The third-order valence-corrected chi connectivity index (χ3v) is 3.38. The van der Waals surface area contributed by atoms with E-state index in [1.54, 1.807) is 30.3 Å². The van der Waals surface area contributed by atoms with Crippen molar-refractivity contribution in [1.29, 1.82) is 0 Å². The standard InChI is InChI=1S/C12H9ClN2O3S/c13-8-3-1-7(2-4-8)5-9-11(18)15-12(19-9)14-6-10(16)17/h1-5H,6H2,(H,16,17)(H,14,15,18)/b9-5-. The van der Waals surface area contributed by atoms with E-state index >= 15 is 0 Å². The number of amidine groups is 1. The summed E-state index contributed by atoms with van der Waals surface area (Å²) in [4.78, 5) is 26.3. The lowest BCUT2D eigenvalue weighted by atomic mass is 10.2. The highest BCUT2D eigenvalue weighted by Gasteiger charge is 2.23. The van der Waals surface area contributed by atoms with Crippen LogP contribution in [0.15, 0.2) is 34.2 Å². The minimum Gasteiger partial charge on any atom is -0.480 e. The number of halogens is 1. The monoisotopic (exact) mass is 296 g/mol. The quantitative estimate of drug-likeness (QED) is 0.836. The lowest BCUT2D eigenvalue weighted by Crippen LogP contribution is -2.20. The van der Waals surface area contributed by atoms with Crippen LogP contribution in [0, 0.1) is 0 Å². The van der Waals surface area contributed by atoms with Crippen molar-refractivity contribution in [3.05, 3.63) is 39.8 Å². The molecule has 0 aromatic heterocycles. The molecule has 98 valence electrons. The number of carboxylic acid groups (broad SMARTS) is 1. The Morgan fingerprint density at radius 3 is 2.74 bits per heavy atom. The Morgan fingerprint density at radius 1 is 1.42 bits per heavy atom. The highest BCUT2D eigenvalue weighted by Crippen LogP contribution is 2.26. The first-order valence-corrected chi connectivity index (χ1v) is 6.47. The normalized spacial score (nSPS) is 18.9. The zero-order valence-electron chi connectivity index (χ0n) is 9.59. The molecule has 0 atom stereocenters. The number of carboxylic acids is 1. The molecule has 1 aromatic rings. The minimum atomic E-state index is -1.04. The second-order valence-electron chi connectivity index (χ2n) is 3.63. The maximum absolute atomic E-state index is 11.6. The molecule has 1 aliphatic heterocycles. The lowest BCUT2D eigenvalue weighted by molar-refractivity contribution is -0.135. The van der Waals surface area contributed by atoms with Gasteiger partial charge in [-0.05, 0) is 35.5 Å². The van der Waals surface area contributed by atoms with Crippen molar-refractivity contribution in [2.75, 3.05) is 6.54 Å². The highest BCUT2D eigenvalue weighted by atomic mass is 35.5. The van der Waals surface area contributed by atoms with Crippen LogP contribution in [0.3, 0.4) is 0 Å². The molecule has 1 aliphatic rings. The van der Waals surface area contributed by atoms with Crippen LogP contribution in [0.2, 0.25) is 5.02 Å². The Morgan fingerprint density at radius 2 is 2.11 bits per heavy atom. The summed E-state index contributed by atoms with van der Waals surface area (Å²) in [6.07, 6.45) is 1.69. The molecule has 0 spiro atoms. The second-order valence-corrected chi connectivity index (χ2v) is 5.10. The molecule has 1 amide bonds. The number of carbonyl (C=O) groups is 2. The first-order chi connectivity index (χ1) is 9.04. The zero-order valence-corrected chi connectivity index (χ0v) is 11.2. The number of rotatable bonds is 3. The van der Waals surface area contributed by atoms with E-state index in [0.717, 1.165) is 17.3 Å². The van der Waals surface area contributed by atoms with Crippen molar-refractivity contribution < 1.29 is 14.7 Å². The van der Waals surface area contributed by atoms with Crippen LogP contribution in [0.5, 0.6) is 0 Å². The van der Waals surface area contributed by atoms with E-state index in [1.807, 2.05) is 0 Å². The molecular weight excluding hydrogens is 288 g/mol. The molecule has 1 aromatic carbocycles. The first kappa shape index (κ1) is 13.6. The molecule has 5 nitrogen and oxygen atoms in total. The number of hydrogen-bond acceptors (Lipinski definition) is 4. The predicted octanol–water partition coefficient (Wildman–Crippen LogP) is 1.98. The van der Waals surface area contributed by atoms with Gasteiger partial charge in [0.15, 0.2) is 5.17 Å². The van der Waals surface area contributed by atoms with Crippen LogP contribution in [-0.4, -0.2) is 28.7 Å². The molecule has 7 heteroatoms. The third kappa shape index (κ3) is 3.84. The Balaban J connectivity index is 2.13. The van der Waals surface area contributed by atoms with E-state index in [-0.39, 0.29) is 12.5 Å². The molecule has 0 bridgehead atoms. The van der Waals surface area contributed by atoms with Gasteiger partial charge in [-0.1, -0.05) is 23.7 Å². The van der Waals surface area contributed by atoms with Crippen molar-refractivity contribution in [3.63, 3.8) is 0 Å². The molecule has 2 rings (SSSR count). The van der Waals surface area contributed by atoms with Crippen molar-refractivity contribution in [3.8, 4) is 0 Å². The second kappa shape index (κ2) is 5.90. The summed E-state index contributed by atoms with van der Waals surface area (Å²) >= 11 is 6.89. The maximum atomic E-state index is 11.6. The summed E-state index contributed by atoms with van der Waals surface area (Å²) in [6, 6.07) is 7.03. The molecule has 0 unspecified atom stereocenters. The van der Waals surface area contributed by atoms with Gasteiger partial charge in [0.1, 0.15) is 6.54 Å². The molecule has 1 heterocycles. The maximum Gasteiger partial charge on any atom is 0.325 e. The number of hydrogen-bond donors (Lipinski definition) is 2. The molecular formula is C12H9ClN2O3S. The van der Waals surface area contributed by atoms with E-state index in [9.17, 15) is 9.59 Å². The van der Waals surface area contributed by atoms with Gasteiger partial charge in [-0.25, -0.2) is 0 Å². The fourth-order valence-corrected chi connectivity index (χ4v) is 2.30. The summed E-state index contributed by atoms with van der Waals surface area (Å²) < 4.78 is 0. The largest absolute Gasteiger partial charge is 0.480 e. The van der Waals surface area contributed by atoms with Gasteiger partial charge in [-0.15, -0.1) is 0 Å². The van der Waals surface area contributed by atoms with E-state index in [0.29, 0.717) is 15.1 Å². The number of aliphatic imine (C=N–C) groups is 1. The van der Waals surface area contributed by atoms with E-state index in [2.05, 4.69) is 10.3 Å². The van der Waals surface area contributed by atoms with Gasteiger partial charge in [0.25, 0.3) is 5.91 Å². The van der Waals surface area contributed by atoms with Crippen molar-refractivity contribution in [2.45, 2.75) is 0 Å². The number of thioether (sulfide) groups is 1. The number of benzene rings is 1. The summed E-state index contributed by atoms with van der Waals surface area (Å²) in [6.45, 7) is -0.364. The Kier molecular flexibility index (Phi) is 4.24. The van der Waals surface area contributed by atoms with Crippen molar-refractivity contribution in [2.24, 2.45) is 4.99 Å². The summed E-state index contributed by atoms with van der Waals surface area (Å²) in [5, 5.41) is 11.9. The van der Waals surface area contributed by atoms with Crippen LogP contribution in [0.1, 0.15) is 5.56 Å². The summed E-state index contributed by atoms with van der Waals surface area (Å²) in [5.74, 6) is -1.33. The van der Waals surface area contributed by atoms with Crippen LogP contribution >= 0.6 is 23.4 Å². The van der Waals surface area contributed by atoms with Crippen LogP contribution in [-0.2, 0) is 9.59 Å². The molecule has 0 aliphatic carbocycles. The number of nitrogens with one attached hydrogen (secondary N) is 1. The number of nitrogens with zero attached hydrogens (tertiary/aromatic N) is 1. The molecule has 1 fully saturated rings. The van der Waals surface area contributed by atoms with Gasteiger partial charge in [0.05, 0.1) is 4.91 Å². The van der Waals surface area contributed by atoms with Crippen LogP contribution in [0.4, 0.5) is 0 Å². The predicted molar refractivity (Wildman–Crippen MR) is 75.1 cm³/mol. The Hall–Kier alpha value is -1.79. The van der Waals surface area contributed by atoms with Crippen molar-refractivity contribution >= 4 is 46.5 Å². The molecule has 1 saturated heterocycles. The van der Waals surface area contributed by atoms with E-state index in [4.69, 9.17) is 16.7 Å². The zero-order chi connectivity index (χ0) is 13.8. The topological polar surface area (TPSA) is 78.8 Å². The Labute approximate surface area is 118 Å². The number of amides is 1. The molecule has 0 radical (unpaired) electrons. The first-order valence-electron chi connectivity index (χ1n) is 5.27. The average molecular weight is 297 g/mol. The van der Waals surface area contributed by atoms with Crippen molar-refractivity contribution in [1.82, 2.24) is 5.32 Å².